The van der Waals surface area contributed by atoms with Gasteiger partial charge in [0.2, 0.25) is 0 Å². The number of hydrogen-bond donors (Lipinski definition) is 4. The van der Waals surface area contributed by atoms with E-state index >= 15 is 0 Å². The van der Waals surface area contributed by atoms with E-state index in [1.807, 2.05) is 36.4 Å². The SMILES string of the molecule is CC(NP(=S)(OCC1OC(n2ccc(=O)[nH]c2=O)C(C)(O)C1O)Oc1cccc2ccccc12)C(=O)OC1CCCCC1. The lowest BCUT2D eigenvalue weighted by Crippen LogP contribution is -2.47. The Morgan fingerprint density at radius 2 is 1.91 bits per heavy atom. The molecule has 1 saturated carbocycles. The summed E-state index contributed by atoms with van der Waals surface area (Å²) in [5, 5.41) is 26.8. The van der Waals surface area contributed by atoms with Gasteiger partial charge in [0.15, 0.2) is 6.23 Å². The van der Waals surface area contributed by atoms with E-state index in [0.29, 0.717) is 5.75 Å². The topological polar surface area (TPSA) is 161 Å². The smallest absolute Gasteiger partial charge is 0.330 e. The molecule has 1 aliphatic heterocycles. The predicted molar refractivity (Wildman–Crippen MR) is 162 cm³/mol. The van der Waals surface area contributed by atoms with Crippen molar-refractivity contribution in [3.05, 3.63) is 75.6 Å². The lowest BCUT2D eigenvalue weighted by Gasteiger charge is -2.29. The highest BCUT2D eigenvalue weighted by Gasteiger charge is 2.54. The van der Waals surface area contributed by atoms with E-state index < -0.39 is 53.9 Å². The fourth-order valence-corrected chi connectivity index (χ4v) is 7.81. The maximum atomic E-state index is 13.0. The summed E-state index contributed by atoms with van der Waals surface area (Å²) in [4.78, 5) is 39.1. The molecule has 12 nitrogen and oxygen atoms in total. The fraction of sp³-hybridized carbons (Fsp3) is 0.483. The molecule has 0 amide bonds. The van der Waals surface area contributed by atoms with Gasteiger partial charge in [-0.25, -0.2) is 9.88 Å². The number of aliphatic hydroxyl groups excluding tert-OH is 1. The summed E-state index contributed by atoms with van der Waals surface area (Å²) < 4.78 is 25.0. The van der Waals surface area contributed by atoms with Crippen LogP contribution >= 0.6 is 6.64 Å². The van der Waals surface area contributed by atoms with Crippen molar-refractivity contribution in [1.29, 1.82) is 0 Å². The molecular weight excluding hydrogens is 597 g/mol. The molecule has 1 aromatic heterocycles. The van der Waals surface area contributed by atoms with E-state index in [9.17, 15) is 24.6 Å². The number of hydrogen-bond acceptors (Lipinski definition) is 10. The second-order valence-corrected chi connectivity index (χ2v) is 14.3. The van der Waals surface area contributed by atoms with E-state index in [0.717, 1.165) is 53.5 Å². The first-order valence-corrected chi connectivity index (χ1v) is 16.9. The lowest BCUT2D eigenvalue weighted by molar-refractivity contribution is -0.152. The van der Waals surface area contributed by atoms with Crippen LogP contribution in [0.25, 0.3) is 10.8 Å². The van der Waals surface area contributed by atoms with Gasteiger partial charge in [-0.15, -0.1) is 0 Å². The highest BCUT2D eigenvalue weighted by Crippen LogP contribution is 2.48. The van der Waals surface area contributed by atoms with Crippen LogP contribution < -0.4 is 20.9 Å². The van der Waals surface area contributed by atoms with Gasteiger partial charge in [0.1, 0.15) is 35.7 Å². The van der Waals surface area contributed by atoms with Gasteiger partial charge >= 0.3 is 18.3 Å². The molecule has 3 aromatic rings. The summed E-state index contributed by atoms with van der Waals surface area (Å²) >= 11 is 5.89. The number of ether oxygens (including phenoxy) is 2. The summed E-state index contributed by atoms with van der Waals surface area (Å²) in [6.45, 7) is -0.972. The van der Waals surface area contributed by atoms with Crippen LogP contribution in [0.1, 0.15) is 52.2 Å². The van der Waals surface area contributed by atoms with Gasteiger partial charge in [-0.05, 0) is 62.8 Å². The first-order valence-electron chi connectivity index (χ1n) is 14.2. The Kier molecular flexibility index (Phi) is 9.52. The zero-order valence-corrected chi connectivity index (χ0v) is 25.6. The Hall–Kier alpha value is -2.90. The first kappa shape index (κ1) is 31.5. The second-order valence-electron chi connectivity index (χ2n) is 11.1. The number of aromatic nitrogens is 2. The zero-order valence-electron chi connectivity index (χ0n) is 23.9. The summed E-state index contributed by atoms with van der Waals surface area (Å²) in [6, 6.07) is 13.3. The average Bonchev–Trinajstić information content (AvgIpc) is 3.20. The van der Waals surface area contributed by atoms with Crippen molar-refractivity contribution in [2.24, 2.45) is 0 Å². The number of nitrogens with one attached hydrogen (secondary N) is 2. The van der Waals surface area contributed by atoms with E-state index in [2.05, 4.69) is 10.1 Å². The average molecular weight is 634 g/mol. The van der Waals surface area contributed by atoms with E-state index in [-0.39, 0.29) is 12.7 Å². The molecular formula is C29H36N3O9PS. The number of aliphatic hydroxyl groups is 2. The van der Waals surface area contributed by atoms with Crippen LogP contribution in [-0.4, -0.2) is 62.3 Å². The maximum Gasteiger partial charge on any atom is 0.330 e. The fourth-order valence-electron chi connectivity index (χ4n) is 5.40. The molecule has 0 spiro atoms. The highest BCUT2D eigenvalue weighted by molar-refractivity contribution is 8.09. The van der Waals surface area contributed by atoms with Crippen LogP contribution in [0, 0.1) is 0 Å². The quantitative estimate of drug-likeness (QED) is 0.192. The molecule has 2 heterocycles. The molecule has 1 aliphatic carbocycles. The Bertz CT molecular complexity index is 1610. The lowest BCUT2D eigenvalue weighted by atomic mass is 9.96. The monoisotopic (exact) mass is 633 g/mol. The van der Waals surface area contributed by atoms with Crippen molar-refractivity contribution in [2.45, 2.75) is 82.1 Å². The van der Waals surface area contributed by atoms with Gasteiger partial charge in [-0.3, -0.25) is 19.1 Å². The molecule has 1 saturated heterocycles. The number of fused-ring (bicyclic) bond motifs is 1. The number of carbonyl (C=O) groups excluding carboxylic acids is 1. The number of H-pyrrole nitrogens is 1. The van der Waals surface area contributed by atoms with Crippen molar-refractivity contribution >= 4 is 35.2 Å². The Morgan fingerprint density at radius 3 is 2.65 bits per heavy atom. The number of nitrogens with zero attached hydrogens (tertiary/aromatic N) is 1. The molecule has 0 bridgehead atoms. The third kappa shape index (κ3) is 7.09. The van der Waals surface area contributed by atoms with E-state index in [1.165, 1.54) is 13.1 Å². The summed E-state index contributed by atoms with van der Waals surface area (Å²) in [5.74, 6) is -0.0526. The van der Waals surface area contributed by atoms with Crippen molar-refractivity contribution in [1.82, 2.24) is 14.6 Å². The normalized spacial score (nSPS) is 26.6. The van der Waals surface area contributed by atoms with Crippen LogP contribution in [0.3, 0.4) is 0 Å². The summed E-state index contributed by atoms with van der Waals surface area (Å²) in [5.41, 5.74) is -3.37. The third-order valence-corrected chi connectivity index (χ3v) is 10.3. The van der Waals surface area contributed by atoms with Gasteiger partial charge in [0.25, 0.3) is 5.56 Å². The van der Waals surface area contributed by atoms with Gasteiger partial charge in [-0.1, -0.05) is 42.8 Å². The number of aromatic amines is 1. The van der Waals surface area contributed by atoms with Gasteiger partial charge in [-0.2, -0.15) is 0 Å². The number of benzene rings is 2. The van der Waals surface area contributed by atoms with Gasteiger partial charge in [0, 0.05) is 17.6 Å². The molecule has 6 atom stereocenters. The molecule has 2 aromatic carbocycles. The molecule has 4 N–H and O–H groups in total. The summed E-state index contributed by atoms with van der Waals surface area (Å²) in [6.07, 6.45) is 1.78. The van der Waals surface area contributed by atoms with Crippen molar-refractivity contribution in [3.63, 3.8) is 0 Å². The Balaban J connectivity index is 1.37. The molecule has 232 valence electrons. The first-order chi connectivity index (χ1) is 20.5. The Labute approximate surface area is 253 Å². The largest absolute Gasteiger partial charge is 0.461 e. The highest BCUT2D eigenvalue weighted by atomic mass is 32.5. The molecule has 2 fully saturated rings. The second kappa shape index (κ2) is 13.0. The van der Waals surface area contributed by atoms with Crippen molar-refractivity contribution < 1.29 is 33.5 Å². The van der Waals surface area contributed by atoms with Crippen LogP contribution in [0.2, 0.25) is 0 Å². The maximum absolute atomic E-state index is 13.0. The van der Waals surface area contributed by atoms with E-state index in [1.54, 1.807) is 13.0 Å². The molecule has 5 rings (SSSR count). The third-order valence-electron chi connectivity index (χ3n) is 7.78. The summed E-state index contributed by atoms with van der Waals surface area (Å²) in [7, 11) is 0. The van der Waals surface area contributed by atoms with Gasteiger partial charge < -0.3 is 28.7 Å². The van der Waals surface area contributed by atoms with Crippen LogP contribution in [0.4, 0.5) is 0 Å². The number of esters is 1. The van der Waals surface area contributed by atoms with Crippen LogP contribution in [0.15, 0.2) is 64.3 Å². The minimum atomic E-state index is -3.54. The van der Waals surface area contributed by atoms with Crippen molar-refractivity contribution in [3.8, 4) is 5.75 Å². The molecule has 6 unspecified atom stereocenters. The Morgan fingerprint density at radius 1 is 1.19 bits per heavy atom. The standard InChI is InChI=1S/C29H36N3O9PS/c1-18(26(35)39-20-11-4-3-5-12-20)31-42(43,41-22-14-8-10-19-9-6-7-13-21(19)22)38-17-23-25(34)29(2,37)27(40-23)32-16-15-24(33)30-28(32)36/h6-10,13-16,18,20,23,25,27,34,37H,3-5,11-12,17H2,1-2H3,(H,31,43)(H,30,33,36). The molecule has 2 aliphatic rings. The van der Waals surface area contributed by atoms with Crippen LogP contribution in [0.5, 0.6) is 5.75 Å². The minimum absolute atomic E-state index is 0.152. The molecule has 14 heteroatoms. The predicted octanol–water partition coefficient (Wildman–Crippen LogP) is 2.87. The number of carbonyl (C=O) groups is 1. The molecule has 0 radical (unpaired) electrons. The molecule has 43 heavy (non-hydrogen) atoms. The van der Waals surface area contributed by atoms with E-state index in [4.69, 9.17) is 30.3 Å². The van der Waals surface area contributed by atoms with Crippen LogP contribution in [-0.2, 0) is 30.6 Å². The van der Waals surface area contributed by atoms with Crippen molar-refractivity contribution in [2.75, 3.05) is 6.61 Å². The van der Waals surface area contributed by atoms with Gasteiger partial charge in [0.05, 0.1) is 6.61 Å². The zero-order chi connectivity index (χ0) is 30.8. The number of rotatable bonds is 10. The minimum Gasteiger partial charge on any atom is -0.461 e.